The van der Waals surface area contributed by atoms with Gasteiger partial charge in [0.1, 0.15) is 5.69 Å². The summed E-state index contributed by atoms with van der Waals surface area (Å²) in [6.45, 7) is 0. The zero-order valence-electron chi connectivity index (χ0n) is 8.31. The molecule has 0 amide bonds. The molecule has 0 aromatic carbocycles. The average Bonchev–Trinajstić information content (AvgIpc) is 2.67. The van der Waals surface area contributed by atoms with Crippen LogP contribution < -0.4 is 0 Å². The number of rotatable bonds is 2. The molecule has 0 unspecified atom stereocenters. The number of carboxylic acids is 1. The molecule has 0 bridgehead atoms. The van der Waals surface area contributed by atoms with Crippen LogP contribution in [0.4, 0.5) is 0 Å². The number of pyridine rings is 1. The Balaban J connectivity index is 2.36. The Morgan fingerprint density at radius 3 is 2.67 bits per heavy atom. The largest absolute Gasteiger partial charge is 0.477 e. The topological polar surface area (TPSA) is 70.4 Å². The molecular weight excluding hydrogens is 194 g/mol. The van der Waals surface area contributed by atoms with Crippen molar-refractivity contribution in [3.63, 3.8) is 0 Å². The van der Waals surface area contributed by atoms with Crippen molar-refractivity contribution in [2.24, 2.45) is 0 Å². The number of aliphatic hydroxyl groups is 1. The fraction of sp³-hybridized carbons (Fsp3) is 0.455. The monoisotopic (exact) mass is 207 g/mol. The van der Waals surface area contributed by atoms with Crippen LogP contribution in [0.5, 0.6) is 0 Å². The van der Waals surface area contributed by atoms with Gasteiger partial charge in [-0.05, 0) is 30.5 Å². The first kappa shape index (κ1) is 10.1. The molecule has 4 nitrogen and oxygen atoms in total. The quantitative estimate of drug-likeness (QED) is 0.771. The third-order valence-electron chi connectivity index (χ3n) is 2.95. The van der Waals surface area contributed by atoms with Gasteiger partial charge in [-0.3, -0.25) is 0 Å². The molecule has 0 atom stereocenters. The van der Waals surface area contributed by atoms with Gasteiger partial charge in [-0.2, -0.15) is 0 Å². The summed E-state index contributed by atoms with van der Waals surface area (Å²) in [6.07, 6.45) is 4.82. The molecule has 1 aromatic heterocycles. The number of aromatic carboxylic acids is 1. The third-order valence-corrected chi connectivity index (χ3v) is 2.95. The molecule has 1 saturated carbocycles. The Bertz CT molecular complexity index is 383. The predicted octanol–water partition coefficient (Wildman–Crippen LogP) is 1.54. The fourth-order valence-electron chi connectivity index (χ4n) is 2.09. The average molecular weight is 207 g/mol. The minimum Gasteiger partial charge on any atom is -0.477 e. The van der Waals surface area contributed by atoms with Gasteiger partial charge in [-0.15, -0.1) is 0 Å². The zero-order valence-corrected chi connectivity index (χ0v) is 8.31. The molecule has 0 radical (unpaired) electrons. The van der Waals surface area contributed by atoms with Crippen molar-refractivity contribution in [3.8, 4) is 0 Å². The van der Waals surface area contributed by atoms with Gasteiger partial charge < -0.3 is 10.2 Å². The van der Waals surface area contributed by atoms with Crippen LogP contribution in [0.2, 0.25) is 0 Å². The Kier molecular flexibility index (Phi) is 2.44. The van der Waals surface area contributed by atoms with Crippen molar-refractivity contribution in [1.29, 1.82) is 0 Å². The first-order chi connectivity index (χ1) is 7.12. The van der Waals surface area contributed by atoms with Gasteiger partial charge in [0.05, 0.1) is 5.60 Å². The Morgan fingerprint density at radius 2 is 2.07 bits per heavy atom. The minimum absolute atomic E-state index is 0.00664. The molecule has 1 heterocycles. The van der Waals surface area contributed by atoms with E-state index in [1.165, 1.54) is 12.3 Å². The van der Waals surface area contributed by atoms with E-state index in [4.69, 9.17) is 5.11 Å². The molecular formula is C11H13NO3. The van der Waals surface area contributed by atoms with Crippen molar-refractivity contribution in [1.82, 2.24) is 4.98 Å². The molecule has 0 spiro atoms. The molecule has 80 valence electrons. The van der Waals surface area contributed by atoms with E-state index in [2.05, 4.69) is 4.98 Å². The summed E-state index contributed by atoms with van der Waals surface area (Å²) in [7, 11) is 0. The standard InChI is InChI=1S/C11H13NO3/c13-10(14)9-7-8(3-6-12-9)11(15)4-1-2-5-11/h3,6-7,15H,1-2,4-5H2,(H,13,14). The second-order valence-electron chi connectivity index (χ2n) is 3.97. The van der Waals surface area contributed by atoms with E-state index in [9.17, 15) is 9.90 Å². The van der Waals surface area contributed by atoms with Crippen LogP contribution in [-0.4, -0.2) is 21.2 Å². The van der Waals surface area contributed by atoms with E-state index in [0.29, 0.717) is 18.4 Å². The van der Waals surface area contributed by atoms with Crippen LogP contribution in [0.3, 0.4) is 0 Å². The highest BCUT2D eigenvalue weighted by Gasteiger charge is 2.33. The molecule has 15 heavy (non-hydrogen) atoms. The van der Waals surface area contributed by atoms with E-state index in [1.807, 2.05) is 0 Å². The number of carboxylic acid groups (broad SMARTS) is 1. The highest BCUT2D eigenvalue weighted by molar-refractivity contribution is 5.85. The lowest BCUT2D eigenvalue weighted by atomic mass is 9.92. The summed E-state index contributed by atoms with van der Waals surface area (Å²) in [5.74, 6) is -1.06. The molecule has 1 fully saturated rings. The molecule has 2 N–H and O–H groups in total. The lowest BCUT2D eigenvalue weighted by Gasteiger charge is -2.22. The lowest BCUT2D eigenvalue weighted by molar-refractivity contribution is 0.0442. The van der Waals surface area contributed by atoms with Crippen LogP contribution in [0.25, 0.3) is 0 Å². The Hall–Kier alpha value is -1.42. The van der Waals surface area contributed by atoms with Crippen LogP contribution in [0.15, 0.2) is 18.3 Å². The SMILES string of the molecule is O=C(O)c1cc(C2(O)CCCC2)ccn1. The number of hydrogen-bond acceptors (Lipinski definition) is 3. The number of carbonyl (C=O) groups is 1. The highest BCUT2D eigenvalue weighted by atomic mass is 16.4. The van der Waals surface area contributed by atoms with Gasteiger partial charge >= 0.3 is 5.97 Å². The van der Waals surface area contributed by atoms with Crippen molar-refractivity contribution >= 4 is 5.97 Å². The second-order valence-corrected chi connectivity index (χ2v) is 3.97. The van der Waals surface area contributed by atoms with Gasteiger partial charge in [-0.25, -0.2) is 9.78 Å². The van der Waals surface area contributed by atoms with Crippen molar-refractivity contribution < 1.29 is 15.0 Å². The minimum atomic E-state index is -1.06. The van der Waals surface area contributed by atoms with Crippen molar-refractivity contribution in [2.45, 2.75) is 31.3 Å². The van der Waals surface area contributed by atoms with E-state index >= 15 is 0 Å². The molecule has 0 aliphatic heterocycles. The number of hydrogen-bond donors (Lipinski definition) is 2. The summed E-state index contributed by atoms with van der Waals surface area (Å²) in [5.41, 5.74) is -0.173. The summed E-state index contributed by atoms with van der Waals surface area (Å²) < 4.78 is 0. The lowest BCUT2D eigenvalue weighted by Crippen LogP contribution is -2.21. The molecule has 1 aliphatic carbocycles. The van der Waals surface area contributed by atoms with Crippen molar-refractivity contribution in [3.05, 3.63) is 29.6 Å². The van der Waals surface area contributed by atoms with Gasteiger partial charge in [0.15, 0.2) is 0 Å². The smallest absolute Gasteiger partial charge is 0.354 e. The van der Waals surface area contributed by atoms with Gasteiger partial charge in [0.2, 0.25) is 0 Å². The zero-order chi connectivity index (χ0) is 10.9. The predicted molar refractivity (Wildman–Crippen MR) is 53.6 cm³/mol. The summed E-state index contributed by atoms with van der Waals surface area (Å²) in [6, 6.07) is 3.16. The fourth-order valence-corrected chi connectivity index (χ4v) is 2.09. The normalized spacial score (nSPS) is 19.0. The third kappa shape index (κ3) is 1.85. The first-order valence-electron chi connectivity index (χ1n) is 5.04. The highest BCUT2D eigenvalue weighted by Crippen LogP contribution is 2.38. The Morgan fingerprint density at radius 1 is 1.40 bits per heavy atom. The van der Waals surface area contributed by atoms with Crippen molar-refractivity contribution in [2.75, 3.05) is 0 Å². The van der Waals surface area contributed by atoms with E-state index in [1.54, 1.807) is 6.07 Å². The number of aromatic nitrogens is 1. The van der Waals surface area contributed by atoms with Crippen LogP contribution in [-0.2, 0) is 5.60 Å². The summed E-state index contributed by atoms with van der Waals surface area (Å²) in [4.78, 5) is 14.5. The maximum absolute atomic E-state index is 10.7. The van der Waals surface area contributed by atoms with Gasteiger partial charge in [0, 0.05) is 6.20 Å². The maximum Gasteiger partial charge on any atom is 0.354 e. The second kappa shape index (κ2) is 3.62. The summed E-state index contributed by atoms with van der Waals surface area (Å²) >= 11 is 0. The molecule has 2 rings (SSSR count). The van der Waals surface area contributed by atoms with E-state index in [-0.39, 0.29) is 5.69 Å². The molecule has 4 heteroatoms. The first-order valence-corrected chi connectivity index (χ1v) is 5.04. The molecule has 1 aliphatic rings. The number of nitrogens with zero attached hydrogens (tertiary/aromatic N) is 1. The summed E-state index contributed by atoms with van der Waals surface area (Å²) in [5, 5.41) is 19.0. The Labute approximate surface area is 87.6 Å². The van der Waals surface area contributed by atoms with E-state index in [0.717, 1.165) is 12.8 Å². The van der Waals surface area contributed by atoms with Crippen LogP contribution in [0, 0.1) is 0 Å². The maximum atomic E-state index is 10.7. The molecule has 0 saturated heterocycles. The van der Waals surface area contributed by atoms with Crippen LogP contribution >= 0.6 is 0 Å². The van der Waals surface area contributed by atoms with Gasteiger partial charge in [-0.1, -0.05) is 12.8 Å². The van der Waals surface area contributed by atoms with E-state index < -0.39 is 11.6 Å². The van der Waals surface area contributed by atoms with Gasteiger partial charge in [0.25, 0.3) is 0 Å². The molecule has 1 aromatic rings. The van der Waals surface area contributed by atoms with Crippen LogP contribution in [0.1, 0.15) is 41.7 Å².